The maximum absolute atomic E-state index is 12.3. The van der Waals surface area contributed by atoms with Gasteiger partial charge in [-0.15, -0.1) is 12.4 Å². The molecule has 0 radical (unpaired) electrons. The second-order valence-electron chi connectivity index (χ2n) is 5.54. The molecule has 1 unspecified atom stereocenters. The Bertz CT molecular complexity index is 518. The van der Waals surface area contributed by atoms with Crippen LogP contribution in [0.1, 0.15) is 30.6 Å². The minimum absolute atomic E-state index is 0. The van der Waals surface area contributed by atoms with E-state index in [0.717, 1.165) is 17.8 Å². The van der Waals surface area contributed by atoms with Gasteiger partial charge in [-0.2, -0.15) is 0 Å². The van der Waals surface area contributed by atoms with E-state index in [1.54, 1.807) is 10.3 Å². The molecule has 8 heteroatoms. The van der Waals surface area contributed by atoms with Gasteiger partial charge in [0.15, 0.2) is 0 Å². The van der Waals surface area contributed by atoms with Gasteiger partial charge in [-0.25, -0.2) is 0 Å². The molecule has 1 aliphatic rings. The number of nitrogens with zero attached hydrogens (tertiary/aromatic N) is 2. The van der Waals surface area contributed by atoms with Crippen molar-refractivity contribution in [1.82, 2.24) is 4.90 Å². The average molecular weight is 320 g/mol. The Labute approximate surface area is 127 Å². The number of piperidine rings is 1. The molecular formula is C12H18ClN3O3S. The maximum atomic E-state index is 12.3. The summed E-state index contributed by atoms with van der Waals surface area (Å²) in [5.41, 5.74) is 6.29. The number of hydrogen-bond donors (Lipinski definition) is 1. The number of carbonyl (C=O) groups is 1. The molecule has 1 fully saturated rings. The molecule has 2 heterocycles. The minimum atomic E-state index is -0.475. The summed E-state index contributed by atoms with van der Waals surface area (Å²) in [5, 5.41) is 12.2. The van der Waals surface area contributed by atoms with E-state index in [2.05, 4.69) is 0 Å². The molecule has 6 nitrogen and oxygen atoms in total. The molecule has 1 aromatic heterocycles. The van der Waals surface area contributed by atoms with E-state index in [0.29, 0.717) is 18.7 Å². The van der Waals surface area contributed by atoms with Crippen LogP contribution in [0.4, 0.5) is 5.00 Å². The number of likely N-dealkylation sites (tertiary alicyclic amines) is 1. The highest BCUT2D eigenvalue weighted by Crippen LogP contribution is 2.30. The third-order valence-electron chi connectivity index (χ3n) is 3.61. The predicted octanol–water partition coefficient (Wildman–Crippen LogP) is 2.28. The van der Waals surface area contributed by atoms with Crippen LogP contribution >= 0.6 is 23.7 Å². The first-order valence-corrected chi connectivity index (χ1v) is 6.97. The Morgan fingerprint density at radius 1 is 1.60 bits per heavy atom. The van der Waals surface area contributed by atoms with Gasteiger partial charge in [-0.05, 0) is 11.8 Å². The molecule has 0 bridgehead atoms. The number of nitro groups is 1. The van der Waals surface area contributed by atoms with Gasteiger partial charge in [0, 0.05) is 30.6 Å². The first-order valence-electron chi connectivity index (χ1n) is 6.09. The van der Waals surface area contributed by atoms with E-state index in [9.17, 15) is 14.9 Å². The van der Waals surface area contributed by atoms with Crippen molar-refractivity contribution in [2.45, 2.75) is 26.3 Å². The zero-order valence-corrected chi connectivity index (χ0v) is 13.0. The van der Waals surface area contributed by atoms with Crippen molar-refractivity contribution >= 4 is 34.7 Å². The van der Waals surface area contributed by atoms with Crippen LogP contribution < -0.4 is 5.73 Å². The third-order valence-corrected chi connectivity index (χ3v) is 4.49. The summed E-state index contributed by atoms with van der Waals surface area (Å²) in [6.45, 7) is 5.25. The summed E-state index contributed by atoms with van der Waals surface area (Å²) >= 11 is 0.979. The number of thiophene rings is 1. The molecule has 1 aliphatic heterocycles. The predicted molar refractivity (Wildman–Crippen MR) is 80.5 cm³/mol. The van der Waals surface area contributed by atoms with E-state index in [4.69, 9.17) is 5.73 Å². The number of amides is 1. The van der Waals surface area contributed by atoms with E-state index in [1.165, 1.54) is 6.07 Å². The summed E-state index contributed by atoms with van der Waals surface area (Å²) < 4.78 is 0. The molecule has 0 spiro atoms. The van der Waals surface area contributed by atoms with E-state index >= 15 is 0 Å². The van der Waals surface area contributed by atoms with Crippen molar-refractivity contribution < 1.29 is 9.72 Å². The summed E-state index contributed by atoms with van der Waals surface area (Å²) in [6, 6.07) is 1.42. The standard InChI is InChI=1S/C12H17N3O3S.ClH/c1-12(2)7-14(4-3-9(12)13)11(16)8-5-10(15(17)18)19-6-8;/h5-6,9H,3-4,7,13H2,1-2H3;1H. The van der Waals surface area contributed by atoms with Gasteiger partial charge < -0.3 is 10.6 Å². The molecule has 1 aromatic rings. The van der Waals surface area contributed by atoms with Crippen LogP contribution in [0.25, 0.3) is 0 Å². The smallest absolute Gasteiger partial charge is 0.324 e. The average Bonchev–Trinajstić information content (AvgIpc) is 2.81. The molecule has 112 valence electrons. The third kappa shape index (κ3) is 3.28. The van der Waals surface area contributed by atoms with Crippen molar-refractivity contribution in [2.75, 3.05) is 13.1 Å². The highest BCUT2D eigenvalue weighted by molar-refractivity contribution is 7.13. The first-order chi connectivity index (χ1) is 8.81. The monoisotopic (exact) mass is 319 g/mol. The zero-order chi connectivity index (χ0) is 14.2. The van der Waals surface area contributed by atoms with Crippen LogP contribution in [-0.2, 0) is 0 Å². The minimum Gasteiger partial charge on any atom is -0.338 e. The second kappa shape index (κ2) is 6.07. The van der Waals surface area contributed by atoms with Crippen molar-refractivity contribution in [3.8, 4) is 0 Å². The SMILES string of the molecule is CC1(C)CN(C(=O)c2csc([N+](=O)[O-])c2)CCC1N.Cl. The van der Waals surface area contributed by atoms with Crippen LogP contribution in [0.3, 0.4) is 0 Å². The largest absolute Gasteiger partial charge is 0.338 e. The summed E-state index contributed by atoms with van der Waals surface area (Å²) in [7, 11) is 0. The summed E-state index contributed by atoms with van der Waals surface area (Å²) in [5.74, 6) is -0.149. The van der Waals surface area contributed by atoms with Crippen LogP contribution in [-0.4, -0.2) is 34.9 Å². The van der Waals surface area contributed by atoms with Gasteiger partial charge in [0.05, 0.1) is 10.5 Å². The zero-order valence-electron chi connectivity index (χ0n) is 11.4. The number of halogens is 1. The van der Waals surface area contributed by atoms with E-state index in [-0.39, 0.29) is 34.8 Å². The maximum Gasteiger partial charge on any atom is 0.324 e. The Balaban J connectivity index is 0.00000200. The fourth-order valence-electron chi connectivity index (χ4n) is 2.26. The fraction of sp³-hybridized carbons (Fsp3) is 0.583. The Morgan fingerprint density at radius 2 is 2.25 bits per heavy atom. The Kier molecular flexibility index (Phi) is 5.12. The van der Waals surface area contributed by atoms with Crippen molar-refractivity contribution in [1.29, 1.82) is 0 Å². The molecule has 2 rings (SSSR count). The molecule has 1 amide bonds. The number of hydrogen-bond acceptors (Lipinski definition) is 5. The lowest BCUT2D eigenvalue weighted by Gasteiger charge is -2.42. The lowest BCUT2D eigenvalue weighted by Crippen LogP contribution is -2.53. The van der Waals surface area contributed by atoms with Crippen molar-refractivity contribution in [2.24, 2.45) is 11.1 Å². The molecule has 0 aromatic carbocycles. The van der Waals surface area contributed by atoms with Gasteiger partial charge in [0.25, 0.3) is 5.91 Å². The van der Waals surface area contributed by atoms with Crippen LogP contribution in [0.2, 0.25) is 0 Å². The van der Waals surface area contributed by atoms with Crippen LogP contribution in [0.15, 0.2) is 11.4 Å². The molecule has 20 heavy (non-hydrogen) atoms. The van der Waals surface area contributed by atoms with E-state index < -0.39 is 4.92 Å². The van der Waals surface area contributed by atoms with Gasteiger partial charge >= 0.3 is 5.00 Å². The Hall–Kier alpha value is -1.18. The first kappa shape index (κ1) is 16.9. The molecule has 0 saturated carbocycles. The number of nitrogens with two attached hydrogens (primary N) is 1. The van der Waals surface area contributed by atoms with Gasteiger partial charge in [0.1, 0.15) is 0 Å². The molecule has 2 N–H and O–H groups in total. The second-order valence-corrected chi connectivity index (χ2v) is 6.43. The van der Waals surface area contributed by atoms with Gasteiger partial charge in [-0.3, -0.25) is 14.9 Å². The Morgan fingerprint density at radius 3 is 2.75 bits per heavy atom. The fourth-order valence-corrected chi connectivity index (χ4v) is 2.96. The molecule has 1 atom stereocenters. The normalized spacial score (nSPS) is 21.1. The van der Waals surface area contributed by atoms with Crippen LogP contribution in [0.5, 0.6) is 0 Å². The molecule has 1 saturated heterocycles. The summed E-state index contributed by atoms with van der Waals surface area (Å²) in [4.78, 5) is 24.2. The number of carbonyl (C=O) groups excluding carboxylic acids is 1. The lowest BCUT2D eigenvalue weighted by molar-refractivity contribution is -0.380. The number of rotatable bonds is 2. The van der Waals surface area contributed by atoms with E-state index in [1.807, 2.05) is 13.8 Å². The van der Waals surface area contributed by atoms with Gasteiger partial charge in [-0.1, -0.05) is 25.2 Å². The van der Waals surface area contributed by atoms with Crippen molar-refractivity contribution in [3.05, 3.63) is 27.1 Å². The topological polar surface area (TPSA) is 89.5 Å². The summed E-state index contributed by atoms with van der Waals surface area (Å²) in [6.07, 6.45) is 0.755. The van der Waals surface area contributed by atoms with Gasteiger partial charge in [0.2, 0.25) is 0 Å². The quantitative estimate of drug-likeness (QED) is 0.669. The molecule has 0 aliphatic carbocycles. The highest BCUT2D eigenvalue weighted by atomic mass is 35.5. The highest BCUT2D eigenvalue weighted by Gasteiger charge is 2.36. The van der Waals surface area contributed by atoms with Crippen LogP contribution in [0, 0.1) is 15.5 Å². The van der Waals surface area contributed by atoms with Crippen molar-refractivity contribution in [3.63, 3.8) is 0 Å². The molecular weight excluding hydrogens is 302 g/mol. The lowest BCUT2D eigenvalue weighted by atomic mass is 9.79.